The van der Waals surface area contributed by atoms with Crippen LogP contribution in [0.5, 0.6) is 0 Å². The smallest absolute Gasteiger partial charge is 0.407 e. The van der Waals surface area contributed by atoms with Crippen LogP contribution in [0.4, 0.5) is 9.18 Å². The van der Waals surface area contributed by atoms with Gasteiger partial charge in [0.1, 0.15) is 11.9 Å². The van der Waals surface area contributed by atoms with Crippen molar-refractivity contribution in [1.29, 1.82) is 0 Å². The van der Waals surface area contributed by atoms with Crippen LogP contribution in [-0.2, 0) is 30.2 Å². The molecule has 2 amide bonds. The maximum atomic E-state index is 14.3. The van der Waals surface area contributed by atoms with Crippen LogP contribution in [0.2, 0.25) is 5.02 Å². The molecule has 4 N–H and O–H groups in total. The normalized spacial score (nSPS) is 13.0. The summed E-state index contributed by atoms with van der Waals surface area (Å²) in [5.74, 6) is -3.63. The maximum Gasteiger partial charge on any atom is 0.407 e. The van der Waals surface area contributed by atoms with E-state index in [-0.39, 0.29) is 24.5 Å². The van der Waals surface area contributed by atoms with Crippen LogP contribution in [-0.4, -0.2) is 81.5 Å². The zero-order valence-electron chi connectivity index (χ0n) is 23.9. The minimum absolute atomic E-state index is 0.103. The van der Waals surface area contributed by atoms with E-state index in [0.717, 1.165) is 13.3 Å². The van der Waals surface area contributed by atoms with Gasteiger partial charge < -0.3 is 35.2 Å². The molecule has 3 atom stereocenters. The number of halogens is 2. The van der Waals surface area contributed by atoms with E-state index in [0.29, 0.717) is 26.6 Å². The topological polar surface area (TPSA) is 191 Å². The Morgan fingerprint density at radius 2 is 1.73 bits per heavy atom. The summed E-state index contributed by atoms with van der Waals surface area (Å²) in [4.78, 5) is 49.3. The van der Waals surface area contributed by atoms with Gasteiger partial charge >= 0.3 is 18.0 Å². The first-order chi connectivity index (χ1) is 20.9. The van der Waals surface area contributed by atoms with Crippen LogP contribution in [0, 0.1) is 11.7 Å². The summed E-state index contributed by atoms with van der Waals surface area (Å²) in [6, 6.07) is 8.88. The van der Waals surface area contributed by atoms with Crippen LogP contribution in [0.3, 0.4) is 0 Å². The molecule has 3 aromatic rings. The maximum absolute atomic E-state index is 14.3. The molecular weight excluding hydrogens is 605 g/mol. The second-order valence-electron chi connectivity index (χ2n) is 9.87. The Labute approximate surface area is 256 Å². The highest BCUT2D eigenvalue weighted by molar-refractivity contribution is 6.30. The highest BCUT2D eigenvalue weighted by atomic mass is 35.5. The van der Waals surface area contributed by atoms with E-state index in [9.17, 15) is 33.9 Å². The van der Waals surface area contributed by atoms with Gasteiger partial charge in [-0.2, -0.15) is 0 Å². The minimum Gasteiger partial charge on any atom is -0.453 e. The lowest BCUT2D eigenvalue weighted by molar-refractivity contribution is -0.175. The molecule has 0 aliphatic carbocycles. The highest BCUT2D eigenvalue weighted by Crippen LogP contribution is 2.26. The number of methoxy groups -OCH3 is 1. The Morgan fingerprint density at radius 3 is 2.34 bits per heavy atom. The fourth-order valence-electron chi connectivity index (χ4n) is 4.02. The van der Waals surface area contributed by atoms with E-state index >= 15 is 0 Å². The van der Waals surface area contributed by atoms with E-state index < -0.39 is 54.7 Å². The minimum atomic E-state index is -1.76. The number of nitrogens with one attached hydrogen (secondary N) is 2. The lowest BCUT2D eigenvalue weighted by Gasteiger charge is -2.22. The molecule has 0 fully saturated rings. The number of alkyl carbamates (subject to hydrolysis) is 1. The van der Waals surface area contributed by atoms with Crippen LogP contribution in [0.15, 0.2) is 48.7 Å². The molecule has 0 saturated carbocycles. The number of rotatable bonds is 13. The fraction of sp³-hybridized carbons (Fsp3) is 0.357. The summed E-state index contributed by atoms with van der Waals surface area (Å²) in [6.45, 7) is 2.45. The Morgan fingerprint density at radius 1 is 1.05 bits per heavy atom. The molecular formula is C28H31ClFN5O9. The molecule has 16 heteroatoms. The Balaban J connectivity index is 1.66. The molecule has 44 heavy (non-hydrogen) atoms. The number of benzene rings is 2. The Bertz CT molecular complexity index is 1470. The van der Waals surface area contributed by atoms with E-state index in [2.05, 4.69) is 25.7 Å². The number of esters is 2. The van der Waals surface area contributed by atoms with Crippen LogP contribution < -0.4 is 10.6 Å². The van der Waals surface area contributed by atoms with Crippen molar-refractivity contribution in [2.45, 2.75) is 44.9 Å². The van der Waals surface area contributed by atoms with E-state index in [1.165, 1.54) is 18.2 Å². The third kappa shape index (κ3) is 9.64. The van der Waals surface area contributed by atoms with Gasteiger partial charge in [-0.1, -0.05) is 54.6 Å². The molecule has 1 aromatic heterocycles. The van der Waals surface area contributed by atoms with Gasteiger partial charge in [0.25, 0.3) is 5.91 Å². The average Bonchev–Trinajstić information content (AvgIpc) is 3.43. The van der Waals surface area contributed by atoms with Crippen molar-refractivity contribution in [2.24, 2.45) is 5.92 Å². The summed E-state index contributed by atoms with van der Waals surface area (Å²) in [7, 11) is 1.13. The molecule has 1 heterocycles. The zero-order chi connectivity index (χ0) is 32.4. The van der Waals surface area contributed by atoms with Crippen LogP contribution in [0.1, 0.15) is 36.3 Å². The van der Waals surface area contributed by atoms with Gasteiger partial charge in [-0.05, 0) is 46.9 Å². The van der Waals surface area contributed by atoms with Crippen LogP contribution in [0.25, 0.3) is 11.1 Å². The van der Waals surface area contributed by atoms with Gasteiger partial charge in [0.15, 0.2) is 11.8 Å². The number of hydrogen-bond donors (Lipinski definition) is 4. The number of nitrogens with zero attached hydrogens (tertiary/aromatic N) is 3. The number of aliphatic hydroxyl groups is 1. The number of carbonyl (C=O) groups is 4. The second kappa shape index (κ2) is 15.6. The van der Waals surface area contributed by atoms with Crippen molar-refractivity contribution >= 4 is 35.5 Å². The third-order valence-electron chi connectivity index (χ3n) is 6.29. The first-order valence-electron chi connectivity index (χ1n) is 13.2. The molecule has 3 rings (SSSR count). The van der Waals surface area contributed by atoms with E-state index in [1.54, 1.807) is 38.1 Å². The Hall–Kier alpha value is -4.76. The highest BCUT2D eigenvalue weighted by Gasteiger charge is 2.28. The summed E-state index contributed by atoms with van der Waals surface area (Å²) in [5.41, 5.74) is 1.27. The standard InChI is InChI=1S/C28H31ClFN5O9/c1-15(2)24(32-28(40)42-3)27(39)44-14-43-26(38)23(36)12-19(31-25(37)22-13-35(41)34-33-22)10-16-4-6-17(7-5-16)20-11-18(29)8-9-21(20)30/h4-9,11,13,15,19,23-24,36,41H,10,12,14H2,1-3H3,(H,31,37)(H,32,40). The zero-order valence-corrected chi connectivity index (χ0v) is 24.7. The van der Waals surface area contributed by atoms with Crippen LogP contribution >= 0.6 is 11.6 Å². The molecule has 0 bridgehead atoms. The lowest BCUT2D eigenvalue weighted by Crippen LogP contribution is -2.45. The number of carbonyl (C=O) groups excluding carboxylic acids is 4. The molecule has 0 spiro atoms. The predicted octanol–water partition coefficient (Wildman–Crippen LogP) is 2.49. The van der Waals surface area contributed by atoms with Gasteiger partial charge in [-0.3, -0.25) is 4.79 Å². The summed E-state index contributed by atoms with van der Waals surface area (Å²) < 4.78 is 28.6. The largest absolute Gasteiger partial charge is 0.453 e. The summed E-state index contributed by atoms with van der Waals surface area (Å²) in [6.07, 6.45) is -1.89. The molecule has 3 unspecified atom stereocenters. The van der Waals surface area contributed by atoms with E-state index in [1.807, 2.05) is 0 Å². The number of hydrogen-bond acceptors (Lipinski definition) is 11. The van der Waals surface area contributed by atoms with Gasteiger partial charge in [-0.15, -0.1) is 5.10 Å². The fourth-order valence-corrected chi connectivity index (χ4v) is 4.19. The van der Waals surface area contributed by atoms with Crippen molar-refractivity contribution < 1.29 is 48.1 Å². The third-order valence-corrected chi connectivity index (χ3v) is 6.52. The number of aromatic nitrogens is 3. The Kier molecular flexibility index (Phi) is 12.0. The molecule has 14 nitrogen and oxygen atoms in total. The number of ether oxygens (including phenoxy) is 3. The molecule has 0 saturated heterocycles. The predicted molar refractivity (Wildman–Crippen MR) is 151 cm³/mol. The number of aliphatic hydroxyl groups excluding tert-OH is 1. The molecule has 0 aliphatic heterocycles. The number of amides is 2. The molecule has 0 radical (unpaired) electrons. The van der Waals surface area contributed by atoms with Gasteiger partial charge in [0, 0.05) is 23.0 Å². The SMILES string of the molecule is COC(=O)NC(C(=O)OCOC(=O)C(O)CC(Cc1ccc(-c2cc(Cl)ccc2F)cc1)NC(=O)c1cn(O)nn1)C(C)C. The van der Waals surface area contributed by atoms with Gasteiger partial charge in [0.05, 0.1) is 13.3 Å². The summed E-state index contributed by atoms with van der Waals surface area (Å²) >= 11 is 6.00. The average molecular weight is 636 g/mol. The summed E-state index contributed by atoms with van der Waals surface area (Å²) in [5, 5.41) is 32.0. The monoisotopic (exact) mass is 635 g/mol. The molecule has 236 valence electrons. The molecule has 2 aromatic carbocycles. The lowest BCUT2D eigenvalue weighted by atomic mass is 9.97. The second-order valence-corrected chi connectivity index (χ2v) is 10.3. The first-order valence-corrected chi connectivity index (χ1v) is 13.6. The first kappa shape index (κ1) is 33.7. The van der Waals surface area contributed by atoms with Crippen molar-refractivity contribution in [2.75, 3.05) is 13.9 Å². The van der Waals surface area contributed by atoms with Crippen molar-refractivity contribution in [3.8, 4) is 11.1 Å². The van der Waals surface area contributed by atoms with Crippen molar-refractivity contribution in [3.05, 3.63) is 70.8 Å². The van der Waals surface area contributed by atoms with Crippen molar-refractivity contribution in [3.63, 3.8) is 0 Å². The quantitative estimate of drug-likeness (QED) is 0.123. The van der Waals surface area contributed by atoms with Gasteiger partial charge in [0.2, 0.25) is 6.79 Å². The van der Waals surface area contributed by atoms with Gasteiger partial charge in [-0.25, -0.2) is 18.8 Å². The molecule has 0 aliphatic rings. The van der Waals surface area contributed by atoms with Crippen molar-refractivity contribution in [1.82, 2.24) is 25.8 Å². The van der Waals surface area contributed by atoms with E-state index in [4.69, 9.17) is 21.1 Å².